The molecule has 10 heteroatoms. The van der Waals surface area contributed by atoms with Crippen molar-refractivity contribution in [1.82, 2.24) is 5.32 Å². The fourth-order valence-electron chi connectivity index (χ4n) is 2.54. The van der Waals surface area contributed by atoms with Gasteiger partial charge in [0, 0.05) is 6.42 Å². The molecule has 1 aromatic carbocycles. The van der Waals surface area contributed by atoms with Crippen molar-refractivity contribution >= 4 is 50.5 Å². The number of methoxy groups -OCH3 is 1. The summed E-state index contributed by atoms with van der Waals surface area (Å²) in [6.07, 6.45) is -0.484. The summed E-state index contributed by atoms with van der Waals surface area (Å²) < 4.78 is 26.5. The second-order valence-corrected chi connectivity index (χ2v) is 10.1. The van der Waals surface area contributed by atoms with Crippen LogP contribution in [-0.2, 0) is 9.84 Å². The van der Waals surface area contributed by atoms with Crippen LogP contribution in [0.3, 0.4) is 0 Å². The van der Waals surface area contributed by atoms with Gasteiger partial charge in [0.2, 0.25) is 6.17 Å². The van der Waals surface area contributed by atoms with E-state index in [1.54, 1.807) is 29.6 Å². The van der Waals surface area contributed by atoms with Crippen molar-refractivity contribution in [3.63, 3.8) is 0 Å². The maximum atomic E-state index is 12.5. The van der Waals surface area contributed by atoms with Crippen molar-refractivity contribution in [2.45, 2.75) is 22.4 Å². The lowest BCUT2D eigenvalue weighted by Gasteiger charge is -2.26. The SMILES string of the molecule is COc1ccccc1C(=O)N[C@@H]([NH2+][C@@H]1CCS(=O)(=O)C1)C(Cl)(Cl)Cl. The molecule has 1 aliphatic rings. The molecule has 1 heterocycles. The number of amides is 1. The first-order chi connectivity index (χ1) is 11.1. The zero-order chi connectivity index (χ0) is 18.0. The lowest BCUT2D eigenvalue weighted by molar-refractivity contribution is -0.719. The Hall–Kier alpha value is -0.730. The zero-order valence-corrected chi connectivity index (χ0v) is 15.9. The second kappa shape index (κ2) is 7.66. The minimum atomic E-state index is -3.07. The van der Waals surface area contributed by atoms with Gasteiger partial charge in [-0.3, -0.25) is 10.1 Å². The molecule has 2 rings (SSSR count). The number of alkyl halides is 3. The predicted octanol–water partition coefficient (Wildman–Crippen LogP) is 0.872. The van der Waals surface area contributed by atoms with Crippen LogP contribution in [0.5, 0.6) is 5.75 Å². The lowest BCUT2D eigenvalue weighted by Crippen LogP contribution is -3.00. The van der Waals surface area contributed by atoms with Gasteiger partial charge in [-0.15, -0.1) is 0 Å². The number of rotatable bonds is 5. The molecule has 0 radical (unpaired) electrons. The largest absolute Gasteiger partial charge is 0.496 e. The number of carbonyl (C=O) groups is 1. The number of halogens is 3. The van der Waals surface area contributed by atoms with E-state index in [-0.39, 0.29) is 17.5 Å². The Balaban J connectivity index is 2.13. The maximum Gasteiger partial charge on any atom is 0.262 e. The summed E-state index contributed by atoms with van der Waals surface area (Å²) in [7, 11) is -1.62. The molecule has 3 N–H and O–H groups in total. The molecule has 2 atom stereocenters. The molecule has 0 aliphatic carbocycles. The van der Waals surface area contributed by atoms with E-state index in [9.17, 15) is 13.2 Å². The molecule has 0 saturated carbocycles. The van der Waals surface area contributed by atoms with Crippen LogP contribution in [0.4, 0.5) is 0 Å². The number of para-hydroxylation sites is 1. The number of quaternary nitrogens is 1. The molecule has 0 unspecified atom stereocenters. The highest BCUT2D eigenvalue weighted by Crippen LogP contribution is 2.28. The van der Waals surface area contributed by atoms with Crippen LogP contribution >= 0.6 is 34.8 Å². The normalized spacial score (nSPS) is 21.2. The van der Waals surface area contributed by atoms with Gasteiger partial charge in [0.05, 0.1) is 18.4 Å². The van der Waals surface area contributed by atoms with E-state index in [4.69, 9.17) is 39.5 Å². The van der Waals surface area contributed by atoms with Gasteiger partial charge in [-0.1, -0.05) is 46.9 Å². The minimum Gasteiger partial charge on any atom is -0.496 e. The van der Waals surface area contributed by atoms with Gasteiger partial charge in [-0.25, -0.2) is 8.42 Å². The van der Waals surface area contributed by atoms with E-state index in [1.807, 2.05) is 0 Å². The fraction of sp³-hybridized carbons (Fsp3) is 0.500. The molecule has 0 spiro atoms. The molecular weight excluding hydrogens is 399 g/mol. The van der Waals surface area contributed by atoms with Gasteiger partial charge in [-0.2, -0.15) is 0 Å². The molecule has 1 fully saturated rings. The van der Waals surface area contributed by atoms with E-state index in [0.717, 1.165) is 0 Å². The third-order valence-corrected chi connectivity index (χ3v) is 6.22. The fourth-order valence-corrected chi connectivity index (χ4v) is 4.68. The molecule has 1 aliphatic heterocycles. The van der Waals surface area contributed by atoms with Crippen LogP contribution in [0, 0.1) is 0 Å². The van der Waals surface area contributed by atoms with E-state index >= 15 is 0 Å². The number of benzene rings is 1. The zero-order valence-electron chi connectivity index (χ0n) is 12.8. The molecule has 0 aromatic heterocycles. The van der Waals surface area contributed by atoms with Gasteiger partial charge in [0.15, 0.2) is 9.84 Å². The molecular formula is C14H18Cl3N2O4S+. The number of hydrogen-bond acceptors (Lipinski definition) is 4. The molecule has 1 amide bonds. The Bertz CT molecular complexity index is 706. The Morgan fingerprint density at radius 1 is 1.38 bits per heavy atom. The van der Waals surface area contributed by atoms with Crippen LogP contribution in [0.15, 0.2) is 24.3 Å². The van der Waals surface area contributed by atoms with Crippen molar-refractivity contribution in [3.05, 3.63) is 29.8 Å². The van der Waals surface area contributed by atoms with Crippen LogP contribution in [0.1, 0.15) is 16.8 Å². The highest BCUT2D eigenvalue weighted by Gasteiger charge is 2.42. The Morgan fingerprint density at radius 2 is 2.04 bits per heavy atom. The summed E-state index contributed by atoms with van der Waals surface area (Å²) in [4.78, 5) is 12.5. The third kappa shape index (κ3) is 5.13. The van der Waals surface area contributed by atoms with Crippen LogP contribution in [0.2, 0.25) is 0 Å². The van der Waals surface area contributed by atoms with E-state index in [1.165, 1.54) is 7.11 Å². The van der Waals surface area contributed by atoms with Crippen LogP contribution < -0.4 is 15.4 Å². The monoisotopic (exact) mass is 415 g/mol. The summed E-state index contributed by atoms with van der Waals surface area (Å²) in [5.74, 6) is 0.0121. The molecule has 0 bridgehead atoms. The van der Waals surface area contributed by atoms with Crippen LogP contribution in [0.25, 0.3) is 0 Å². The standard InChI is InChI=1S/C14H17Cl3N2O4S/c1-23-11-5-3-2-4-10(11)12(20)19-13(14(15,16)17)18-9-6-7-24(21,22)8-9/h2-5,9,13,18H,6-8H2,1H3,(H,19,20)/p+1/t9-,13-/m1/s1. The Morgan fingerprint density at radius 3 is 2.58 bits per heavy atom. The second-order valence-electron chi connectivity index (χ2n) is 5.55. The summed E-state index contributed by atoms with van der Waals surface area (Å²) in [6.45, 7) is 0. The number of carbonyl (C=O) groups excluding carboxylic acids is 1. The first-order valence-electron chi connectivity index (χ1n) is 7.18. The quantitative estimate of drug-likeness (QED) is 0.551. The number of ether oxygens (including phenoxy) is 1. The van der Waals surface area contributed by atoms with E-state index in [2.05, 4.69) is 5.32 Å². The van der Waals surface area contributed by atoms with Gasteiger partial charge in [-0.05, 0) is 12.1 Å². The van der Waals surface area contributed by atoms with E-state index in [0.29, 0.717) is 17.7 Å². The van der Waals surface area contributed by atoms with Crippen LogP contribution in [-0.4, -0.2) is 48.9 Å². The Labute approximate surface area is 155 Å². The lowest BCUT2D eigenvalue weighted by atomic mass is 10.2. The van der Waals surface area contributed by atoms with Gasteiger partial charge in [0.25, 0.3) is 9.70 Å². The first kappa shape index (κ1) is 19.6. The highest BCUT2D eigenvalue weighted by molar-refractivity contribution is 7.91. The van der Waals surface area contributed by atoms with Crippen molar-refractivity contribution < 1.29 is 23.3 Å². The number of nitrogens with one attached hydrogen (secondary N) is 1. The average molecular weight is 417 g/mol. The molecule has 1 saturated heterocycles. The van der Waals surface area contributed by atoms with Crippen molar-refractivity contribution in [2.75, 3.05) is 18.6 Å². The average Bonchev–Trinajstić information content (AvgIpc) is 2.84. The molecule has 6 nitrogen and oxygen atoms in total. The number of sulfone groups is 1. The van der Waals surface area contributed by atoms with Gasteiger partial charge in [0.1, 0.15) is 17.5 Å². The Kier molecular flexibility index (Phi) is 6.25. The molecule has 24 heavy (non-hydrogen) atoms. The molecule has 1 aromatic rings. The summed E-state index contributed by atoms with van der Waals surface area (Å²) in [5, 5.41) is 4.23. The summed E-state index contributed by atoms with van der Waals surface area (Å²) >= 11 is 17.9. The summed E-state index contributed by atoms with van der Waals surface area (Å²) in [6, 6.07) is 6.39. The number of nitrogens with two attached hydrogens (primary N) is 1. The summed E-state index contributed by atoms with van der Waals surface area (Å²) in [5.41, 5.74) is 0.298. The van der Waals surface area contributed by atoms with Gasteiger partial charge >= 0.3 is 0 Å². The van der Waals surface area contributed by atoms with Crippen molar-refractivity contribution in [2.24, 2.45) is 0 Å². The topological polar surface area (TPSA) is 89.1 Å². The van der Waals surface area contributed by atoms with Crippen molar-refractivity contribution in [3.8, 4) is 5.75 Å². The maximum absolute atomic E-state index is 12.5. The molecule has 134 valence electrons. The van der Waals surface area contributed by atoms with E-state index < -0.39 is 25.7 Å². The smallest absolute Gasteiger partial charge is 0.262 e. The first-order valence-corrected chi connectivity index (χ1v) is 10.1. The number of hydrogen-bond donors (Lipinski definition) is 2. The minimum absolute atomic E-state index is 0.00518. The van der Waals surface area contributed by atoms with Crippen molar-refractivity contribution in [1.29, 1.82) is 0 Å². The third-order valence-electron chi connectivity index (χ3n) is 3.72. The predicted molar refractivity (Wildman–Crippen MR) is 93.5 cm³/mol. The highest BCUT2D eigenvalue weighted by atomic mass is 35.6. The van der Waals surface area contributed by atoms with Gasteiger partial charge < -0.3 is 10.1 Å².